The van der Waals surface area contributed by atoms with Crippen LogP contribution in [-0.2, 0) is 16.1 Å². The van der Waals surface area contributed by atoms with Gasteiger partial charge in [0.2, 0.25) is 11.8 Å². The minimum Gasteiger partial charge on any atom is -0.341 e. The van der Waals surface area contributed by atoms with Gasteiger partial charge in [-0.15, -0.1) is 0 Å². The van der Waals surface area contributed by atoms with Crippen molar-refractivity contribution >= 4 is 34.4 Å². The second-order valence-electron chi connectivity index (χ2n) is 8.38. The van der Waals surface area contributed by atoms with Crippen LogP contribution < -0.4 is 5.32 Å². The summed E-state index contributed by atoms with van der Waals surface area (Å²) in [4.78, 5) is 45.3. The molecule has 0 bridgehead atoms. The number of hydrogen-bond donors (Lipinski definition) is 1. The first-order valence-corrected chi connectivity index (χ1v) is 11.4. The van der Waals surface area contributed by atoms with Gasteiger partial charge in [-0.25, -0.2) is 9.37 Å². The highest BCUT2D eigenvalue weighted by Crippen LogP contribution is 2.32. The molecule has 9 heteroatoms. The van der Waals surface area contributed by atoms with Gasteiger partial charge in [-0.05, 0) is 37.6 Å². The van der Waals surface area contributed by atoms with Crippen molar-refractivity contribution in [2.75, 3.05) is 31.5 Å². The van der Waals surface area contributed by atoms with Gasteiger partial charge in [0.05, 0.1) is 22.3 Å². The first kappa shape index (κ1) is 23.4. The molecule has 1 aliphatic rings. The summed E-state index contributed by atoms with van der Waals surface area (Å²) in [5.41, 5.74) is 2.30. The van der Waals surface area contributed by atoms with Crippen LogP contribution in [0.2, 0.25) is 0 Å². The van der Waals surface area contributed by atoms with Crippen molar-refractivity contribution in [2.45, 2.75) is 33.7 Å². The van der Waals surface area contributed by atoms with E-state index in [0.29, 0.717) is 72.8 Å². The summed E-state index contributed by atoms with van der Waals surface area (Å²) in [7, 11) is 0. The number of nitrogens with zero attached hydrogens (tertiary/aromatic N) is 4. The topological polar surface area (TPSA) is 87.5 Å². The van der Waals surface area contributed by atoms with Gasteiger partial charge in [0.1, 0.15) is 11.6 Å². The number of aryl methyl sites for hydroxylation is 1. The molecule has 178 valence electrons. The molecule has 0 saturated carbocycles. The highest BCUT2D eigenvalue weighted by Gasteiger charge is 2.24. The molecule has 2 aromatic carbocycles. The van der Waals surface area contributed by atoms with Gasteiger partial charge in [0.25, 0.3) is 5.91 Å². The summed E-state index contributed by atoms with van der Waals surface area (Å²) in [5.74, 6) is -0.455. The van der Waals surface area contributed by atoms with Crippen LogP contribution in [0.4, 0.5) is 10.1 Å². The fourth-order valence-electron chi connectivity index (χ4n) is 4.45. The lowest BCUT2D eigenvalue weighted by atomic mass is 10.1. The van der Waals surface area contributed by atoms with Crippen LogP contribution in [-0.4, -0.2) is 63.3 Å². The molecule has 1 N–H and O–H groups in total. The Balaban J connectivity index is 1.80. The number of rotatable bonds is 4. The van der Waals surface area contributed by atoms with Crippen LogP contribution >= 0.6 is 0 Å². The summed E-state index contributed by atoms with van der Waals surface area (Å²) in [6, 6.07) is 9.73. The Bertz CT molecular complexity index is 1270. The van der Waals surface area contributed by atoms with Crippen molar-refractivity contribution in [3.8, 4) is 11.4 Å². The number of benzene rings is 2. The first-order valence-electron chi connectivity index (χ1n) is 11.4. The molecule has 2 heterocycles. The third-order valence-electron chi connectivity index (χ3n) is 6.06. The number of anilines is 1. The maximum atomic E-state index is 14.6. The lowest BCUT2D eigenvalue weighted by molar-refractivity contribution is -0.128. The smallest absolute Gasteiger partial charge is 0.254 e. The van der Waals surface area contributed by atoms with Gasteiger partial charge in [0, 0.05) is 52.1 Å². The van der Waals surface area contributed by atoms with E-state index in [0.717, 1.165) is 0 Å². The number of amides is 3. The summed E-state index contributed by atoms with van der Waals surface area (Å²) in [5, 5.41) is 2.82. The van der Waals surface area contributed by atoms with E-state index in [9.17, 15) is 18.8 Å². The lowest BCUT2D eigenvalue weighted by Gasteiger charge is -2.22. The van der Waals surface area contributed by atoms with Gasteiger partial charge < -0.3 is 19.7 Å². The maximum Gasteiger partial charge on any atom is 0.254 e. The molecule has 3 amide bonds. The van der Waals surface area contributed by atoms with Gasteiger partial charge in [-0.3, -0.25) is 14.4 Å². The Morgan fingerprint density at radius 1 is 1.03 bits per heavy atom. The predicted molar refractivity (Wildman–Crippen MR) is 128 cm³/mol. The zero-order valence-electron chi connectivity index (χ0n) is 19.6. The van der Waals surface area contributed by atoms with E-state index in [4.69, 9.17) is 0 Å². The molecule has 1 fully saturated rings. The van der Waals surface area contributed by atoms with Crippen molar-refractivity contribution in [3.05, 3.63) is 47.8 Å². The van der Waals surface area contributed by atoms with E-state index < -0.39 is 5.82 Å². The summed E-state index contributed by atoms with van der Waals surface area (Å²) in [6.45, 7) is 7.38. The van der Waals surface area contributed by atoms with Crippen molar-refractivity contribution in [2.24, 2.45) is 0 Å². The normalized spacial score (nSPS) is 14.2. The van der Waals surface area contributed by atoms with Crippen LogP contribution in [0.5, 0.6) is 0 Å². The summed E-state index contributed by atoms with van der Waals surface area (Å²) < 4.78 is 16.4. The van der Waals surface area contributed by atoms with Crippen molar-refractivity contribution in [1.82, 2.24) is 19.4 Å². The number of imidazole rings is 1. The average molecular weight is 466 g/mol. The number of carbonyl (C=O) groups excluding carboxylic acids is 3. The van der Waals surface area contributed by atoms with Crippen LogP contribution in [0.1, 0.15) is 37.6 Å². The predicted octanol–water partition coefficient (Wildman–Crippen LogP) is 3.52. The van der Waals surface area contributed by atoms with Gasteiger partial charge in [0.15, 0.2) is 0 Å². The molecule has 0 aliphatic carbocycles. The number of halogens is 1. The molecule has 1 saturated heterocycles. The molecule has 1 aliphatic heterocycles. The van der Waals surface area contributed by atoms with Crippen molar-refractivity contribution in [3.63, 3.8) is 0 Å². The highest BCUT2D eigenvalue weighted by atomic mass is 19.1. The number of fused-ring (bicyclic) bond motifs is 1. The average Bonchev–Trinajstić information content (AvgIpc) is 2.98. The van der Waals surface area contributed by atoms with Gasteiger partial charge in [-0.1, -0.05) is 12.1 Å². The van der Waals surface area contributed by atoms with E-state index in [1.54, 1.807) is 40.1 Å². The number of carbonyl (C=O) groups is 3. The third kappa shape index (κ3) is 4.50. The Morgan fingerprint density at radius 3 is 2.41 bits per heavy atom. The molecule has 0 radical (unpaired) electrons. The molecule has 0 unspecified atom stereocenters. The fourth-order valence-corrected chi connectivity index (χ4v) is 4.45. The second kappa shape index (κ2) is 9.62. The van der Waals surface area contributed by atoms with Crippen LogP contribution in [0.25, 0.3) is 22.4 Å². The highest BCUT2D eigenvalue weighted by molar-refractivity contribution is 6.05. The molecule has 4 rings (SSSR count). The van der Waals surface area contributed by atoms with Crippen LogP contribution in [0, 0.1) is 5.82 Å². The molecular weight excluding hydrogens is 437 g/mol. The molecule has 1 aromatic heterocycles. The first-order chi connectivity index (χ1) is 16.3. The molecule has 3 aromatic rings. The molecule has 34 heavy (non-hydrogen) atoms. The lowest BCUT2D eigenvalue weighted by Crippen LogP contribution is -2.36. The standard InChI is InChI=1S/C25H28FN5O3/c1-4-31-23-21(27-16(2)32)14-18(25(34)30-11-7-10-29(12-13-30)17(3)33)15-22(23)28-24(31)19-8-5-6-9-20(19)26/h5-6,8-9,14-15H,4,7,10-13H2,1-3H3,(H,27,32). The Kier molecular flexibility index (Phi) is 6.63. The maximum absolute atomic E-state index is 14.6. The molecule has 0 spiro atoms. The molecular formula is C25H28FN5O3. The zero-order valence-corrected chi connectivity index (χ0v) is 19.6. The minimum absolute atomic E-state index is 0.00515. The molecule has 0 atom stereocenters. The van der Waals surface area contributed by atoms with E-state index in [1.807, 2.05) is 11.5 Å². The summed E-state index contributed by atoms with van der Waals surface area (Å²) >= 11 is 0. The molecule has 8 nitrogen and oxygen atoms in total. The quantitative estimate of drug-likeness (QED) is 0.639. The van der Waals surface area contributed by atoms with Gasteiger partial charge >= 0.3 is 0 Å². The van der Waals surface area contributed by atoms with Crippen LogP contribution in [0.15, 0.2) is 36.4 Å². The SMILES string of the molecule is CCn1c(-c2ccccc2F)nc2cc(C(=O)N3CCCN(C(C)=O)CC3)cc(NC(C)=O)c21. The largest absolute Gasteiger partial charge is 0.341 e. The minimum atomic E-state index is -0.399. The summed E-state index contributed by atoms with van der Waals surface area (Å²) in [6.07, 6.45) is 0.689. The third-order valence-corrected chi connectivity index (χ3v) is 6.06. The number of nitrogens with one attached hydrogen (secondary N) is 1. The number of aromatic nitrogens is 2. The van der Waals surface area contributed by atoms with Crippen molar-refractivity contribution in [1.29, 1.82) is 0 Å². The Morgan fingerprint density at radius 2 is 1.74 bits per heavy atom. The second-order valence-corrected chi connectivity index (χ2v) is 8.38. The monoisotopic (exact) mass is 465 g/mol. The van der Waals surface area contributed by atoms with E-state index >= 15 is 0 Å². The fraction of sp³-hybridized carbons (Fsp3) is 0.360. The Hall–Kier alpha value is -3.75. The van der Waals surface area contributed by atoms with Crippen LogP contribution in [0.3, 0.4) is 0 Å². The Labute approximate surface area is 197 Å². The van der Waals surface area contributed by atoms with E-state index in [-0.39, 0.29) is 17.7 Å². The number of hydrogen-bond acceptors (Lipinski definition) is 4. The van der Waals surface area contributed by atoms with E-state index in [1.165, 1.54) is 19.9 Å². The van der Waals surface area contributed by atoms with Gasteiger partial charge in [-0.2, -0.15) is 0 Å². The van der Waals surface area contributed by atoms with Crippen molar-refractivity contribution < 1.29 is 18.8 Å². The zero-order chi connectivity index (χ0) is 24.4. The van der Waals surface area contributed by atoms with E-state index in [2.05, 4.69) is 10.3 Å².